The third-order valence-electron chi connectivity index (χ3n) is 2.49. The molecule has 6 heteroatoms. The van der Waals surface area contributed by atoms with Crippen LogP contribution in [0.2, 0.25) is 0 Å². The van der Waals surface area contributed by atoms with Gasteiger partial charge in [0, 0.05) is 13.0 Å². The fourth-order valence-corrected chi connectivity index (χ4v) is 1.46. The van der Waals surface area contributed by atoms with Crippen molar-refractivity contribution in [3.8, 4) is 0 Å². The molecule has 0 radical (unpaired) electrons. The van der Waals surface area contributed by atoms with Crippen molar-refractivity contribution in [2.24, 2.45) is 0 Å². The Balaban J connectivity index is 2.64. The first-order valence-electron chi connectivity index (χ1n) is 4.27. The van der Waals surface area contributed by atoms with Gasteiger partial charge in [0.05, 0.1) is 0 Å². The van der Waals surface area contributed by atoms with Gasteiger partial charge in [-0.15, -0.1) is 0 Å². The fraction of sp³-hybridized carbons (Fsp3) is 0.875. The van der Waals surface area contributed by atoms with Crippen molar-refractivity contribution in [2.45, 2.75) is 31.7 Å². The lowest BCUT2D eigenvalue weighted by Gasteiger charge is -2.31. The first-order valence-corrected chi connectivity index (χ1v) is 4.27. The van der Waals surface area contributed by atoms with Crippen LogP contribution >= 0.6 is 0 Å². The second-order valence-electron chi connectivity index (χ2n) is 3.59. The number of alkyl halides is 3. The van der Waals surface area contributed by atoms with Gasteiger partial charge < -0.3 is 4.74 Å². The van der Waals surface area contributed by atoms with Gasteiger partial charge in [-0.25, -0.2) is 4.79 Å². The molecule has 1 aliphatic heterocycles. The summed E-state index contributed by atoms with van der Waals surface area (Å²) in [5, 5.41) is 0. The number of ether oxygens (including phenoxy) is 1. The molecule has 0 aromatic rings. The molecule has 1 unspecified atom stereocenters. The van der Waals surface area contributed by atoms with Crippen LogP contribution in [0.3, 0.4) is 0 Å². The zero-order chi connectivity index (χ0) is 11.0. The van der Waals surface area contributed by atoms with Crippen molar-refractivity contribution in [1.82, 2.24) is 4.90 Å². The summed E-state index contributed by atoms with van der Waals surface area (Å²) in [5.41, 5.74) is -1.10. The summed E-state index contributed by atoms with van der Waals surface area (Å²) in [7, 11) is 1.64. The average molecular weight is 211 g/mol. The summed E-state index contributed by atoms with van der Waals surface area (Å²) in [4.78, 5) is 12.2. The minimum Gasteiger partial charge on any atom is -0.437 e. The Morgan fingerprint density at radius 2 is 2.07 bits per heavy atom. The lowest BCUT2D eigenvalue weighted by Crippen LogP contribution is -2.45. The normalized spacial score (nSPS) is 29.2. The van der Waals surface area contributed by atoms with E-state index in [-0.39, 0.29) is 0 Å². The summed E-state index contributed by atoms with van der Waals surface area (Å²) >= 11 is 0. The van der Waals surface area contributed by atoms with Crippen LogP contribution in [-0.2, 0) is 9.53 Å². The highest BCUT2D eigenvalue weighted by atomic mass is 19.4. The predicted molar refractivity (Wildman–Crippen MR) is 42.4 cm³/mol. The van der Waals surface area contributed by atoms with Crippen LogP contribution in [0.5, 0.6) is 0 Å². The lowest BCUT2D eigenvalue weighted by atomic mass is 10.2. The van der Waals surface area contributed by atoms with Gasteiger partial charge in [0.25, 0.3) is 0 Å². The van der Waals surface area contributed by atoms with Crippen molar-refractivity contribution in [1.29, 1.82) is 0 Å². The van der Waals surface area contributed by atoms with Gasteiger partial charge in [0.15, 0.2) is 5.72 Å². The summed E-state index contributed by atoms with van der Waals surface area (Å²) in [6.45, 7) is 2.13. The van der Waals surface area contributed by atoms with Crippen LogP contribution in [0.1, 0.15) is 19.8 Å². The highest BCUT2D eigenvalue weighted by Crippen LogP contribution is 2.31. The summed E-state index contributed by atoms with van der Waals surface area (Å²) < 4.78 is 40.2. The molecule has 0 aliphatic carbocycles. The van der Waals surface area contributed by atoms with Crippen LogP contribution < -0.4 is 0 Å². The van der Waals surface area contributed by atoms with E-state index in [4.69, 9.17) is 0 Å². The zero-order valence-electron chi connectivity index (χ0n) is 8.02. The molecule has 0 aromatic carbocycles. The van der Waals surface area contributed by atoms with Crippen molar-refractivity contribution >= 4 is 5.97 Å². The lowest BCUT2D eigenvalue weighted by molar-refractivity contribution is -0.223. The van der Waals surface area contributed by atoms with E-state index in [0.717, 1.165) is 6.42 Å². The monoisotopic (exact) mass is 211 g/mol. The Morgan fingerprint density at radius 1 is 1.50 bits per heavy atom. The van der Waals surface area contributed by atoms with E-state index in [2.05, 4.69) is 4.74 Å². The largest absolute Gasteiger partial charge is 0.490 e. The summed E-state index contributed by atoms with van der Waals surface area (Å²) in [6, 6.07) is 0. The van der Waals surface area contributed by atoms with Gasteiger partial charge in [-0.05, 0) is 20.4 Å². The first kappa shape index (κ1) is 11.3. The SMILES string of the molecule is CN1CCCC1(C)OC(=O)C(F)(F)F. The number of carbonyl (C=O) groups excluding carboxylic acids is 1. The van der Waals surface area contributed by atoms with Crippen LogP contribution in [0, 0.1) is 0 Å². The molecule has 1 aliphatic rings. The van der Waals surface area contributed by atoms with E-state index in [0.29, 0.717) is 13.0 Å². The van der Waals surface area contributed by atoms with E-state index in [1.807, 2.05) is 0 Å². The van der Waals surface area contributed by atoms with Gasteiger partial charge in [0.1, 0.15) is 0 Å². The summed E-state index contributed by atoms with van der Waals surface area (Å²) in [5.74, 6) is -2.12. The molecular formula is C8H12F3NO2. The minimum atomic E-state index is -4.91. The number of hydrogen-bond donors (Lipinski definition) is 0. The number of likely N-dealkylation sites (tertiary alicyclic amines) is 1. The molecule has 0 amide bonds. The maximum atomic E-state index is 11.9. The summed E-state index contributed by atoms with van der Waals surface area (Å²) in [6.07, 6.45) is -3.74. The van der Waals surface area contributed by atoms with Crippen molar-refractivity contribution in [3.63, 3.8) is 0 Å². The molecule has 1 fully saturated rings. The smallest absolute Gasteiger partial charge is 0.437 e. The maximum absolute atomic E-state index is 11.9. The van der Waals surface area contributed by atoms with Crippen molar-refractivity contribution < 1.29 is 22.7 Å². The molecule has 0 N–H and O–H groups in total. The Bertz CT molecular complexity index is 241. The molecule has 82 valence electrons. The third kappa shape index (κ3) is 2.17. The molecule has 0 bridgehead atoms. The van der Waals surface area contributed by atoms with E-state index in [9.17, 15) is 18.0 Å². The Morgan fingerprint density at radius 3 is 2.43 bits per heavy atom. The zero-order valence-corrected chi connectivity index (χ0v) is 8.02. The topological polar surface area (TPSA) is 29.5 Å². The second-order valence-corrected chi connectivity index (χ2v) is 3.59. The molecule has 0 spiro atoms. The third-order valence-corrected chi connectivity index (χ3v) is 2.49. The molecule has 14 heavy (non-hydrogen) atoms. The van der Waals surface area contributed by atoms with E-state index in [1.165, 1.54) is 6.92 Å². The molecule has 1 rings (SSSR count). The number of rotatable bonds is 1. The predicted octanol–water partition coefficient (Wildman–Crippen LogP) is 1.53. The van der Waals surface area contributed by atoms with Gasteiger partial charge in [-0.3, -0.25) is 4.90 Å². The molecule has 1 atom stereocenters. The Hall–Kier alpha value is -0.780. The van der Waals surface area contributed by atoms with Crippen molar-refractivity contribution in [2.75, 3.05) is 13.6 Å². The highest BCUT2D eigenvalue weighted by Gasteiger charge is 2.47. The van der Waals surface area contributed by atoms with E-state index in [1.54, 1.807) is 11.9 Å². The average Bonchev–Trinajstić information content (AvgIpc) is 2.30. The first-order chi connectivity index (χ1) is 6.26. The number of nitrogens with zero attached hydrogens (tertiary/aromatic N) is 1. The number of hydrogen-bond acceptors (Lipinski definition) is 3. The molecule has 1 heterocycles. The molecule has 3 nitrogen and oxygen atoms in total. The van der Waals surface area contributed by atoms with Crippen LogP contribution in [0.15, 0.2) is 0 Å². The molecule has 1 saturated heterocycles. The van der Waals surface area contributed by atoms with Crippen molar-refractivity contribution in [3.05, 3.63) is 0 Å². The van der Waals surface area contributed by atoms with E-state index < -0.39 is 17.9 Å². The maximum Gasteiger partial charge on any atom is 0.490 e. The molecular weight excluding hydrogens is 199 g/mol. The highest BCUT2D eigenvalue weighted by molar-refractivity contribution is 5.76. The standard InChI is InChI=1S/C8H12F3NO2/c1-7(4-3-5-12(7)2)14-6(13)8(9,10)11/h3-5H2,1-2H3. The van der Waals surface area contributed by atoms with Crippen LogP contribution in [0.4, 0.5) is 13.2 Å². The quantitative estimate of drug-likeness (QED) is 0.616. The molecule has 0 saturated carbocycles. The molecule has 0 aromatic heterocycles. The Kier molecular flexibility index (Phi) is 2.76. The minimum absolute atomic E-state index is 0.436. The second kappa shape index (κ2) is 3.42. The van der Waals surface area contributed by atoms with E-state index >= 15 is 0 Å². The van der Waals surface area contributed by atoms with Gasteiger partial charge in [-0.2, -0.15) is 13.2 Å². The van der Waals surface area contributed by atoms with Gasteiger partial charge in [0.2, 0.25) is 0 Å². The fourth-order valence-electron chi connectivity index (χ4n) is 1.46. The van der Waals surface area contributed by atoms with Gasteiger partial charge >= 0.3 is 12.1 Å². The number of halogens is 3. The van der Waals surface area contributed by atoms with Crippen LogP contribution in [0.25, 0.3) is 0 Å². The number of esters is 1. The van der Waals surface area contributed by atoms with Gasteiger partial charge in [-0.1, -0.05) is 0 Å². The number of carbonyl (C=O) groups is 1. The van der Waals surface area contributed by atoms with Crippen LogP contribution in [-0.4, -0.2) is 36.4 Å². The Labute approximate surface area is 79.8 Å².